The number of nitrogens with zero attached hydrogens (tertiary/aromatic N) is 3. The highest BCUT2D eigenvalue weighted by Gasteiger charge is 2.32. The van der Waals surface area contributed by atoms with Crippen molar-refractivity contribution in [2.45, 2.75) is 38.8 Å². The van der Waals surface area contributed by atoms with Crippen LogP contribution >= 0.6 is 11.6 Å². The van der Waals surface area contributed by atoms with Gasteiger partial charge in [0, 0.05) is 48.7 Å². The predicted octanol–water partition coefficient (Wildman–Crippen LogP) is 3.36. The summed E-state index contributed by atoms with van der Waals surface area (Å²) >= 11 is 5.98. The van der Waals surface area contributed by atoms with Gasteiger partial charge < -0.3 is 9.42 Å². The lowest BCUT2D eigenvalue weighted by molar-refractivity contribution is -0.135. The Bertz CT molecular complexity index is 765. The zero-order chi connectivity index (χ0) is 17.4. The smallest absolute Gasteiger partial charge is 0.239 e. The molecule has 1 amide bonds. The largest absolute Gasteiger partial charge is 0.360 e. The molecule has 0 spiro atoms. The zero-order valence-corrected chi connectivity index (χ0v) is 15.1. The van der Waals surface area contributed by atoms with E-state index in [1.807, 2.05) is 36.1 Å². The molecule has 2 aromatic rings. The van der Waals surface area contributed by atoms with Gasteiger partial charge in [0.05, 0.1) is 6.04 Å². The number of carbonyl (C=O) groups is 1. The number of aromatic nitrogens is 1. The first-order valence-corrected chi connectivity index (χ1v) is 9.27. The molecular weight excluding hydrogens is 338 g/mol. The summed E-state index contributed by atoms with van der Waals surface area (Å²) in [6.07, 6.45) is 3.03. The highest BCUT2D eigenvalue weighted by Crippen LogP contribution is 2.31. The molecule has 0 aliphatic carbocycles. The van der Waals surface area contributed by atoms with Gasteiger partial charge >= 0.3 is 0 Å². The second-order valence-electron chi connectivity index (χ2n) is 6.87. The Morgan fingerprint density at radius 3 is 2.64 bits per heavy atom. The maximum Gasteiger partial charge on any atom is 0.239 e. The maximum atomic E-state index is 12.7. The minimum absolute atomic E-state index is 0.112. The van der Waals surface area contributed by atoms with Crippen LogP contribution in [0.15, 0.2) is 28.8 Å². The van der Waals surface area contributed by atoms with Crippen molar-refractivity contribution in [1.29, 1.82) is 0 Å². The molecule has 1 saturated heterocycles. The van der Waals surface area contributed by atoms with Crippen molar-refractivity contribution in [3.63, 3.8) is 0 Å². The van der Waals surface area contributed by atoms with Crippen molar-refractivity contribution in [3.8, 4) is 11.3 Å². The lowest BCUT2D eigenvalue weighted by atomic mass is 10.00. The van der Waals surface area contributed by atoms with Gasteiger partial charge in [0.2, 0.25) is 5.91 Å². The fourth-order valence-electron chi connectivity index (χ4n) is 3.75. The molecule has 1 aromatic heterocycles. The lowest BCUT2D eigenvalue weighted by Gasteiger charge is -2.33. The summed E-state index contributed by atoms with van der Waals surface area (Å²) in [6, 6.07) is 7.52. The Kier molecular flexibility index (Phi) is 4.52. The predicted molar refractivity (Wildman–Crippen MR) is 96.3 cm³/mol. The van der Waals surface area contributed by atoms with Gasteiger partial charge in [-0.2, -0.15) is 0 Å². The van der Waals surface area contributed by atoms with E-state index in [1.54, 1.807) is 0 Å². The first-order chi connectivity index (χ1) is 12.1. The van der Waals surface area contributed by atoms with Crippen LogP contribution in [0.4, 0.5) is 0 Å². The quantitative estimate of drug-likeness (QED) is 0.843. The van der Waals surface area contributed by atoms with Gasteiger partial charge in [0.1, 0.15) is 11.5 Å². The minimum atomic E-state index is -0.112. The van der Waals surface area contributed by atoms with Crippen molar-refractivity contribution < 1.29 is 9.32 Å². The van der Waals surface area contributed by atoms with Crippen molar-refractivity contribution in [2.75, 3.05) is 19.6 Å². The standard InChI is InChI=1S/C19H22ClN3O2/c1-13(19(24)22-9-2-3-10-22)23-11-8-17-16(12-23)18(21-25-17)14-4-6-15(20)7-5-14/h4-7,13H,2-3,8-12H2,1H3. The molecule has 6 heteroatoms. The molecule has 2 aliphatic heterocycles. The average molecular weight is 360 g/mol. The minimum Gasteiger partial charge on any atom is -0.360 e. The van der Waals surface area contributed by atoms with Crippen molar-refractivity contribution in [2.24, 2.45) is 0 Å². The average Bonchev–Trinajstić information content (AvgIpc) is 3.30. The van der Waals surface area contributed by atoms with Crippen LogP contribution in [0.1, 0.15) is 31.1 Å². The molecule has 1 atom stereocenters. The van der Waals surface area contributed by atoms with E-state index < -0.39 is 0 Å². The molecule has 5 nitrogen and oxygen atoms in total. The fourth-order valence-corrected chi connectivity index (χ4v) is 3.88. The number of halogens is 1. The van der Waals surface area contributed by atoms with Gasteiger partial charge in [-0.15, -0.1) is 0 Å². The van der Waals surface area contributed by atoms with E-state index in [0.29, 0.717) is 11.6 Å². The van der Waals surface area contributed by atoms with E-state index in [9.17, 15) is 4.79 Å². The molecule has 1 unspecified atom stereocenters. The van der Waals surface area contributed by atoms with Gasteiger partial charge in [-0.3, -0.25) is 9.69 Å². The summed E-state index contributed by atoms with van der Waals surface area (Å²) in [5.74, 6) is 1.17. The summed E-state index contributed by atoms with van der Waals surface area (Å²) in [5, 5.41) is 4.98. The van der Waals surface area contributed by atoms with Gasteiger partial charge in [-0.05, 0) is 31.9 Å². The van der Waals surface area contributed by atoms with Crippen LogP contribution in [0.3, 0.4) is 0 Å². The summed E-state index contributed by atoms with van der Waals surface area (Å²) in [6.45, 7) is 5.32. The van der Waals surface area contributed by atoms with E-state index in [4.69, 9.17) is 16.1 Å². The molecule has 4 rings (SSSR count). The fraction of sp³-hybridized carbons (Fsp3) is 0.474. The van der Waals surface area contributed by atoms with Crippen molar-refractivity contribution in [1.82, 2.24) is 15.0 Å². The lowest BCUT2D eigenvalue weighted by Crippen LogP contribution is -2.47. The molecule has 0 radical (unpaired) electrons. The number of amides is 1. The molecule has 0 bridgehead atoms. The first-order valence-electron chi connectivity index (χ1n) is 8.89. The normalized spacial score (nSPS) is 19.0. The summed E-state index contributed by atoms with van der Waals surface area (Å²) < 4.78 is 5.56. The number of fused-ring (bicyclic) bond motifs is 1. The molecule has 2 aliphatic rings. The van der Waals surface area contributed by atoms with Gasteiger partial charge in [-0.1, -0.05) is 28.9 Å². The topological polar surface area (TPSA) is 49.6 Å². The van der Waals surface area contributed by atoms with Crippen LogP contribution in [0, 0.1) is 0 Å². The highest BCUT2D eigenvalue weighted by atomic mass is 35.5. The Balaban J connectivity index is 1.55. The Hall–Kier alpha value is -1.85. The van der Waals surface area contributed by atoms with Gasteiger partial charge in [0.25, 0.3) is 0 Å². The summed E-state index contributed by atoms with van der Waals surface area (Å²) in [5.41, 5.74) is 2.95. The third-order valence-electron chi connectivity index (χ3n) is 5.30. The number of rotatable bonds is 3. The number of benzene rings is 1. The van der Waals surface area contributed by atoms with Gasteiger partial charge in [-0.25, -0.2) is 0 Å². The van der Waals surface area contributed by atoms with Crippen LogP contribution in [-0.4, -0.2) is 46.5 Å². The first kappa shape index (κ1) is 16.6. The molecular formula is C19H22ClN3O2. The van der Waals surface area contributed by atoms with Crippen LogP contribution in [0.25, 0.3) is 11.3 Å². The van der Waals surface area contributed by atoms with E-state index in [-0.39, 0.29) is 11.9 Å². The summed E-state index contributed by atoms with van der Waals surface area (Å²) in [7, 11) is 0. The molecule has 25 heavy (non-hydrogen) atoms. The monoisotopic (exact) mass is 359 g/mol. The second kappa shape index (κ2) is 6.81. The number of likely N-dealkylation sites (tertiary alicyclic amines) is 1. The van der Waals surface area contributed by atoms with E-state index in [2.05, 4.69) is 10.1 Å². The Morgan fingerprint density at radius 2 is 1.92 bits per heavy atom. The number of carbonyl (C=O) groups excluding carboxylic acids is 1. The second-order valence-corrected chi connectivity index (χ2v) is 7.31. The van der Waals surface area contributed by atoms with Crippen molar-refractivity contribution >= 4 is 17.5 Å². The van der Waals surface area contributed by atoms with E-state index in [1.165, 1.54) is 0 Å². The molecule has 0 saturated carbocycles. The van der Waals surface area contributed by atoms with Crippen LogP contribution in [0.5, 0.6) is 0 Å². The Labute approximate surface area is 152 Å². The summed E-state index contributed by atoms with van der Waals surface area (Å²) in [4.78, 5) is 16.9. The zero-order valence-electron chi connectivity index (χ0n) is 14.4. The van der Waals surface area contributed by atoms with Crippen LogP contribution < -0.4 is 0 Å². The third kappa shape index (κ3) is 3.18. The maximum absolute atomic E-state index is 12.7. The van der Waals surface area contributed by atoms with Crippen molar-refractivity contribution in [3.05, 3.63) is 40.6 Å². The highest BCUT2D eigenvalue weighted by molar-refractivity contribution is 6.30. The third-order valence-corrected chi connectivity index (χ3v) is 5.55. The van der Waals surface area contributed by atoms with E-state index >= 15 is 0 Å². The molecule has 1 fully saturated rings. The Morgan fingerprint density at radius 1 is 1.20 bits per heavy atom. The molecule has 3 heterocycles. The van der Waals surface area contributed by atoms with Gasteiger partial charge in [0.15, 0.2) is 0 Å². The molecule has 0 N–H and O–H groups in total. The van der Waals surface area contributed by atoms with Crippen LogP contribution in [0.2, 0.25) is 5.02 Å². The molecule has 1 aromatic carbocycles. The van der Waals surface area contributed by atoms with E-state index in [0.717, 1.165) is 61.5 Å². The SMILES string of the molecule is CC(C(=O)N1CCCC1)N1CCc2onc(-c3ccc(Cl)cc3)c2C1. The number of hydrogen-bond acceptors (Lipinski definition) is 4. The van der Waals surface area contributed by atoms with Crippen LogP contribution in [-0.2, 0) is 17.8 Å². The molecule has 132 valence electrons. The number of hydrogen-bond donors (Lipinski definition) is 0.